The minimum Gasteiger partial charge on any atom is -0.493 e. The summed E-state index contributed by atoms with van der Waals surface area (Å²) >= 11 is 0. The van der Waals surface area contributed by atoms with Crippen LogP contribution in [0.3, 0.4) is 0 Å². The first-order valence-corrected chi connectivity index (χ1v) is 7.97. The number of amides is 1. The summed E-state index contributed by atoms with van der Waals surface area (Å²) in [4.78, 5) is 12.4. The zero-order chi connectivity index (χ0) is 20.0. The highest BCUT2D eigenvalue weighted by molar-refractivity contribution is 6.09. The number of ether oxygens (including phenoxy) is 2. The summed E-state index contributed by atoms with van der Waals surface area (Å²) in [7, 11) is 1.30. The summed E-state index contributed by atoms with van der Waals surface area (Å²) in [5, 5.41) is 12.0. The molecule has 0 spiro atoms. The van der Waals surface area contributed by atoms with Crippen molar-refractivity contribution in [3.05, 3.63) is 58.7 Å². The molecule has 2 aromatic carbocycles. The summed E-state index contributed by atoms with van der Waals surface area (Å²) in [6.07, 6.45) is 1.34. The lowest BCUT2D eigenvalue weighted by molar-refractivity contribution is -0.112. The quantitative estimate of drug-likeness (QED) is 0.600. The standard InChI is InChI=1S/C20H18F2N2O3/c1-12-4-6-16(8-13(12)2)24-19(25)15(11-23)9-14-5-7-17(27-20(21)22)18(10-14)26-3/h4-10,20H,1-3H3,(H,24,25)/b15-9+. The van der Waals surface area contributed by atoms with Gasteiger partial charge in [0.1, 0.15) is 11.6 Å². The van der Waals surface area contributed by atoms with Crippen LogP contribution in [-0.2, 0) is 4.79 Å². The van der Waals surface area contributed by atoms with Crippen LogP contribution in [0.25, 0.3) is 6.08 Å². The van der Waals surface area contributed by atoms with E-state index in [-0.39, 0.29) is 17.1 Å². The first-order valence-electron chi connectivity index (χ1n) is 7.97. The largest absolute Gasteiger partial charge is 0.493 e. The van der Waals surface area contributed by atoms with E-state index in [2.05, 4.69) is 10.1 Å². The molecule has 2 rings (SSSR count). The number of hydrogen-bond acceptors (Lipinski definition) is 4. The molecular weight excluding hydrogens is 354 g/mol. The molecule has 5 nitrogen and oxygen atoms in total. The lowest BCUT2D eigenvalue weighted by Crippen LogP contribution is -2.13. The molecule has 0 aliphatic heterocycles. The van der Waals surface area contributed by atoms with Crippen molar-refractivity contribution in [1.82, 2.24) is 0 Å². The second-order valence-corrected chi connectivity index (χ2v) is 5.71. The minimum absolute atomic E-state index is 0.0657. The number of hydrogen-bond donors (Lipinski definition) is 1. The fraction of sp³-hybridized carbons (Fsp3) is 0.200. The van der Waals surface area contributed by atoms with Crippen molar-refractivity contribution in [2.45, 2.75) is 20.5 Å². The van der Waals surface area contributed by atoms with E-state index in [0.29, 0.717) is 11.3 Å². The number of nitrogens with one attached hydrogen (secondary N) is 1. The van der Waals surface area contributed by atoms with Crippen LogP contribution in [0.4, 0.5) is 14.5 Å². The molecule has 0 heterocycles. The van der Waals surface area contributed by atoms with Crippen molar-refractivity contribution in [1.29, 1.82) is 5.26 Å². The monoisotopic (exact) mass is 372 g/mol. The van der Waals surface area contributed by atoms with E-state index in [1.54, 1.807) is 6.07 Å². The summed E-state index contributed by atoms with van der Waals surface area (Å²) in [5.41, 5.74) is 2.96. The Labute approximate surface area is 155 Å². The van der Waals surface area contributed by atoms with E-state index in [4.69, 9.17) is 4.74 Å². The van der Waals surface area contributed by atoms with Gasteiger partial charge < -0.3 is 14.8 Å². The molecule has 140 valence electrons. The number of alkyl halides is 2. The molecule has 0 radical (unpaired) electrons. The Morgan fingerprint density at radius 1 is 1.15 bits per heavy atom. The van der Waals surface area contributed by atoms with E-state index in [0.717, 1.165) is 11.1 Å². The number of nitrogens with zero attached hydrogens (tertiary/aromatic N) is 1. The molecular formula is C20H18F2N2O3. The maximum absolute atomic E-state index is 12.4. The Balaban J connectivity index is 2.25. The van der Waals surface area contributed by atoms with E-state index in [9.17, 15) is 18.8 Å². The highest BCUT2D eigenvalue weighted by atomic mass is 19.3. The molecule has 0 aromatic heterocycles. The van der Waals surface area contributed by atoms with Crippen LogP contribution in [0.5, 0.6) is 11.5 Å². The molecule has 0 fully saturated rings. The van der Waals surface area contributed by atoms with Crippen LogP contribution in [0.15, 0.2) is 42.0 Å². The Morgan fingerprint density at radius 2 is 1.89 bits per heavy atom. The van der Waals surface area contributed by atoms with Gasteiger partial charge in [0, 0.05) is 5.69 Å². The van der Waals surface area contributed by atoms with E-state index in [1.165, 1.54) is 31.4 Å². The zero-order valence-corrected chi connectivity index (χ0v) is 15.0. The highest BCUT2D eigenvalue weighted by Gasteiger charge is 2.13. The van der Waals surface area contributed by atoms with Gasteiger partial charge in [-0.3, -0.25) is 4.79 Å². The van der Waals surface area contributed by atoms with Gasteiger partial charge in [-0.15, -0.1) is 0 Å². The van der Waals surface area contributed by atoms with Crippen LogP contribution in [0.1, 0.15) is 16.7 Å². The summed E-state index contributed by atoms with van der Waals surface area (Å²) in [6, 6.07) is 11.4. The number of carbonyl (C=O) groups excluding carboxylic acids is 1. The van der Waals surface area contributed by atoms with E-state index >= 15 is 0 Å². The smallest absolute Gasteiger partial charge is 0.387 e. The minimum atomic E-state index is -2.99. The zero-order valence-electron chi connectivity index (χ0n) is 15.0. The first kappa shape index (κ1) is 19.9. The summed E-state index contributed by atoms with van der Waals surface area (Å²) < 4.78 is 34.1. The third kappa shape index (κ3) is 5.28. The maximum atomic E-state index is 12.4. The topological polar surface area (TPSA) is 71.3 Å². The fourth-order valence-corrected chi connectivity index (χ4v) is 2.30. The number of methoxy groups -OCH3 is 1. The number of nitriles is 1. The highest BCUT2D eigenvalue weighted by Crippen LogP contribution is 2.30. The molecule has 1 amide bonds. The number of halogens is 2. The van der Waals surface area contributed by atoms with Crippen LogP contribution in [-0.4, -0.2) is 19.6 Å². The van der Waals surface area contributed by atoms with Gasteiger partial charge in [-0.25, -0.2) is 0 Å². The van der Waals surface area contributed by atoms with Gasteiger partial charge in [-0.1, -0.05) is 12.1 Å². The Hall–Kier alpha value is -3.40. The second kappa shape index (κ2) is 8.81. The molecule has 0 saturated heterocycles. The fourth-order valence-electron chi connectivity index (χ4n) is 2.30. The Kier molecular flexibility index (Phi) is 6.50. The van der Waals surface area contributed by atoms with Gasteiger partial charge in [-0.2, -0.15) is 14.0 Å². The van der Waals surface area contributed by atoms with Gasteiger partial charge in [0.05, 0.1) is 7.11 Å². The average molecular weight is 372 g/mol. The Morgan fingerprint density at radius 3 is 2.48 bits per heavy atom. The van der Waals surface area contributed by atoms with Crippen molar-refractivity contribution in [3.8, 4) is 17.6 Å². The van der Waals surface area contributed by atoms with Crippen LogP contribution in [0.2, 0.25) is 0 Å². The van der Waals surface area contributed by atoms with Crippen LogP contribution < -0.4 is 14.8 Å². The molecule has 0 unspecified atom stereocenters. The molecule has 0 atom stereocenters. The maximum Gasteiger partial charge on any atom is 0.387 e. The number of carbonyl (C=O) groups is 1. The summed E-state index contributed by atoms with van der Waals surface area (Å²) in [6.45, 7) is 0.885. The third-order valence-corrected chi connectivity index (χ3v) is 3.84. The molecule has 0 saturated carbocycles. The van der Waals surface area contributed by atoms with Crippen molar-refractivity contribution >= 4 is 17.7 Å². The molecule has 1 N–H and O–H groups in total. The predicted molar refractivity (Wildman–Crippen MR) is 97.8 cm³/mol. The molecule has 0 aliphatic rings. The van der Waals surface area contributed by atoms with Gasteiger partial charge in [0.25, 0.3) is 5.91 Å². The lowest BCUT2D eigenvalue weighted by atomic mass is 10.1. The van der Waals surface area contributed by atoms with E-state index in [1.807, 2.05) is 32.0 Å². The lowest BCUT2D eigenvalue weighted by Gasteiger charge is -2.10. The molecule has 2 aromatic rings. The average Bonchev–Trinajstić information content (AvgIpc) is 2.63. The molecule has 27 heavy (non-hydrogen) atoms. The number of anilines is 1. The number of benzene rings is 2. The first-order chi connectivity index (χ1) is 12.8. The molecule has 0 bridgehead atoms. The summed E-state index contributed by atoms with van der Waals surface area (Å²) in [5.74, 6) is -0.647. The van der Waals surface area contributed by atoms with Gasteiger partial charge in [0.15, 0.2) is 11.5 Å². The van der Waals surface area contributed by atoms with Gasteiger partial charge in [0.2, 0.25) is 0 Å². The van der Waals surface area contributed by atoms with Crippen molar-refractivity contribution < 1.29 is 23.0 Å². The number of rotatable bonds is 6. The number of aryl methyl sites for hydroxylation is 2. The molecule has 0 aliphatic carbocycles. The molecule has 7 heteroatoms. The van der Waals surface area contributed by atoms with Crippen molar-refractivity contribution in [2.24, 2.45) is 0 Å². The van der Waals surface area contributed by atoms with Crippen LogP contribution >= 0.6 is 0 Å². The van der Waals surface area contributed by atoms with Gasteiger partial charge in [-0.05, 0) is 60.9 Å². The SMILES string of the molecule is COc1cc(/C=C(\C#N)C(=O)Nc2ccc(C)c(C)c2)ccc1OC(F)F. The van der Waals surface area contributed by atoms with Crippen molar-refractivity contribution in [3.63, 3.8) is 0 Å². The predicted octanol–water partition coefficient (Wildman–Crippen LogP) is 4.46. The Bertz CT molecular complexity index is 918. The normalized spacial score (nSPS) is 11.1. The van der Waals surface area contributed by atoms with Crippen LogP contribution in [0, 0.1) is 25.2 Å². The second-order valence-electron chi connectivity index (χ2n) is 5.71. The van der Waals surface area contributed by atoms with Gasteiger partial charge >= 0.3 is 6.61 Å². The third-order valence-electron chi connectivity index (χ3n) is 3.84. The van der Waals surface area contributed by atoms with E-state index < -0.39 is 12.5 Å². The van der Waals surface area contributed by atoms with Crippen molar-refractivity contribution in [2.75, 3.05) is 12.4 Å².